The predicted molar refractivity (Wildman–Crippen MR) is 84.1 cm³/mol. The molecule has 0 spiro atoms. The lowest BCUT2D eigenvalue weighted by molar-refractivity contribution is 0.106. The Bertz CT molecular complexity index is 544. The maximum Gasteiger partial charge on any atom is 0.0917 e. The highest BCUT2D eigenvalue weighted by Crippen LogP contribution is 2.21. The van der Waals surface area contributed by atoms with Crippen LogP contribution in [0.3, 0.4) is 0 Å². The van der Waals surface area contributed by atoms with E-state index in [2.05, 4.69) is 29.2 Å². The van der Waals surface area contributed by atoms with E-state index in [1.165, 1.54) is 11.1 Å². The van der Waals surface area contributed by atoms with Gasteiger partial charge in [-0.25, -0.2) is 0 Å². The molecule has 0 saturated carbocycles. The van der Waals surface area contributed by atoms with Crippen LogP contribution in [0.2, 0.25) is 0 Å². The third kappa shape index (κ3) is 3.40. The molecule has 3 heteroatoms. The molecule has 2 nitrogen and oxygen atoms in total. The molecule has 0 saturated heterocycles. The first-order valence-electron chi connectivity index (χ1n) is 6.85. The van der Waals surface area contributed by atoms with Gasteiger partial charge in [-0.3, -0.25) is 4.90 Å². The predicted octanol–water partition coefficient (Wildman–Crippen LogP) is 3.20. The minimum Gasteiger partial charge on any atom is -0.387 e. The first-order chi connectivity index (χ1) is 9.33. The number of fused-ring (bicyclic) bond motifs is 1. The second kappa shape index (κ2) is 6.89. The number of halogens is 1. The fourth-order valence-corrected chi connectivity index (χ4v) is 2.74. The number of nitrogens with zero attached hydrogens (tertiary/aromatic N) is 1. The molecule has 0 aromatic heterocycles. The summed E-state index contributed by atoms with van der Waals surface area (Å²) < 4.78 is 0. The molecule has 0 aliphatic carbocycles. The lowest BCUT2D eigenvalue weighted by Crippen LogP contribution is -2.33. The molecule has 20 heavy (non-hydrogen) atoms. The molecule has 1 aliphatic rings. The molecule has 0 fully saturated rings. The maximum absolute atomic E-state index is 10.3. The number of β-amino-alcohol motifs (C(OH)–C–C–N with tert-alkyl or cyclic N) is 1. The maximum atomic E-state index is 10.3. The van der Waals surface area contributed by atoms with Crippen LogP contribution in [0.5, 0.6) is 0 Å². The number of hydrogen-bond acceptors (Lipinski definition) is 2. The minimum absolute atomic E-state index is 0. The molecule has 0 amide bonds. The highest BCUT2D eigenvalue weighted by atomic mass is 35.5. The zero-order valence-corrected chi connectivity index (χ0v) is 12.2. The van der Waals surface area contributed by atoms with Gasteiger partial charge in [0.25, 0.3) is 0 Å². The van der Waals surface area contributed by atoms with Crippen LogP contribution in [0.4, 0.5) is 0 Å². The molecule has 1 unspecified atom stereocenters. The standard InChI is InChI=1S/C17H19NO.ClH/c19-17(15-7-2-1-3-8-15)13-18-11-10-14-6-4-5-9-16(14)12-18;/h1-9,17,19H,10-13H2;1H. The van der Waals surface area contributed by atoms with E-state index < -0.39 is 6.10 Å². The van der Waals surface area contributed by atoms with Gasteiger partial charge in [-0.2, -0.15) is 0 Å². The Morgan fingerprint density at radius 3 is 2.35 bits per heavy atom. The third-order valence-corrected chi connectivity index (χ3v) is 3.83. The number of benzene rings is 2. The number of aliphatic hydroxyl groups is 1. The first kappa shape index (κ1) is 15.0. The summed E-state index contributed by atoms with van der Waals surface area (Å²) in [6.07, 6.45) is 0.684. The normalized spacial score (nSPS) is 16.1. The summed E-state index contributed by atoms with van der Waals surface area (Å²) in [5, 5.41) is 10.3. The average Bonchev–Trinajstić information content (AvgIpc) is 2.48. The average molecular weight is 290 g/mol. The van der Waals surface area contributed by atoms with Gasteiger partial charge in [0.05, 0.1) is 6.10 Å². The van der Waals surface area contributed by atoms with E-state index in [0.29, 0.717) is 6.54 Å². The van der Waals surface area contributed by atoms with Gasteiger partial charge < -0.3 is 5.11 Å². The number of aliphatic hydroxyl groups excluding tert-OH is 1. The van der Waals surface area contributed by atoms with Crippen molar-refractivity contribution < 1.29 is 5.11 Å². The van der Waals surface area contributed by atoms with E-state index in [4.69, 9.17) is 0 Å². The van der Waals surface area contributed by atoms with Gasteiger partial charge in [0, 0.05) is 19.6 Å². The third-order valence-electron chi connectivity index (χ3n) is 3.83. The Kier molecular flexibility index (Phi) is 5.18. The van der Waals surface area contributed by atoms with Crippen molar-refractivity contribution in [1.29, 1.82) is 0 Å². The van der Waals surface area contributed by atoms with E-state index in [9.17, 15) is 5.11 Å². The molecule has 1 N–H and O–H groups in total. The van der Waals surface area contributed by atoms with E-state index in [1.807, 2.05) is 30.3 Å². The SMILES string of the molecule is Cl.OC(CN1CCc2ccccc2C1)c1ccccc1. The van der Waals surface area contributed by atoms with E-state index >= 15 is 0 Å². The summed E-state index contributed by atoms with van der Waals surface area (Å²) in [4.78, 5) is 2.33. The van der Waals surface area contributed by atoms with Gasteiger partial charge in [-0.1, -0.05) is 54.6 Å². The molecule has 106 valence electrons. The van der Waals surface area contributed by atoms with Crippen molar-refractivity contribution in [3.8, 4) is 0 Å². The first-order valence-corrected chi connectivity index (χ1v) is 6.85. The second-order valence-corrected chi connectivity index (χ2v) is 5.18. The number of hydrogen-bond donors (Lipinski definition) is 1. The fourth-order valence-electron chi connectivity index (χ4n) is 2.74. The van der Waals surface area contributed by atoms with Crippen molar-refractivity contribution in [2.75, 3.05) is 13.1 Å². The Labute approximate surface area is 126 Å². The fraction of sp³-hybridized carbons (Fsp3) is 0.294. The van der Waals surface area contributed by atoms with Crippen LogP contribution < -0.4 is 0 Å². The lowest BCUT2D eigenvalue weighted by atomic mass is 9.99. The van der Waals surface area contributed by atoms with Crippen molar-refractivity contribution in [3.05, 3.63) is 71.3 Å². The molecular formula is C17H20ClNO. The van der Waals surface area contributed by atoms with E-state index in [-0.39, 0.29) is 12.4 Å². The van der Waals surface area contributed by atoms with Crippen molar-refractivity contribution in [2.45, 2.75) is 19.1 Å². The van der Waals surface area contributed by atoms with Gasteiger partial charge in [0.1, 0.15) is 0 Å². The zero-order chi connectivity index (χ0) is 13.1. The van der Waals surface area contributed by atoms with Gasteiger partial charge in [0.15, 0.2) is 0 Å². The van der Waals surface area contributed by atoms with Crippen LogP contribution in [0.25, 0.3) is 0 Å². The highest BCUT2D eigenvalue weighted by molar-refractivity contribution is 5.85. The Morgan fingerprint density at radius 2 is 1.60 bits per heavy atom. The summed E-state index contributed by atoms with van der Waals surface area (Å²) >= 11 is 0. The van der Waals surface area contributed by atoms with Crippen molar-refractivity contribution in [2.24, 2.45) is 0 Å². The van der Waals surface area contributed by atoms with Crippen molar-refractivity contribution in [1.82, 2.24) is 4.90 Å². The van der Waals surface area contributed by atoms with Crippen LogP contribution in [-0.2, 0) is 13.0 Å². The molecule has 1 atom stereocenters. The summed E-state index contributed by atoms with van der Waals surface area (Å²) in [6.45, 7) is 2.68. The molecule has 3 rings (SSSR count). The second-order valence-electron chi connectivity index (χ2n) is 5.18. The molecule has 0 bridgehead atoms. The Balaban J connectivity index is 0.00000147. The van der Waals surface area contributed by atoms with E-state index in [0.717, 1.165) is 25.1 Å². The monoisotopic (exact) mass is 289 g/mol. The van der Waals surface area contributed by atoms with Gasteiger partial charge in [0.2, 0.25) is 0 Å². The van der Waals surface area contributed by atoms with Crippen LogP contribution in [0, 0.1) is 0 Å². The molecule has 1 aliphatic heterocycles. The summed E-state index contributed by atoms with van der Waals surface area (Å²) in [5.74, 6) is 0. The molecule has 0 radical (unpaired) electrons. The Hall–Kier alpha value is -1.35. The smallest absolute Gasteiger partial charge is 0.0917 e. The van der Waals surface area contributed by atoms with Crippen molar-refractivity contribution >= 4 is 12.4 Å². The quantitative estimate of drug-likeness (QED) is 0.938. The topological polar surface area (TPSA) is 23.5 Å². The summed E-state index contributed by atoms with van der Waals surface area (Å²) in [6, 6.07) is 18.5. The Morgan fingerprint density at radius 1 is 0.950 bits per heavy atom. The molecular weight excluding hydrogens is 270 g/mol. The van der Waals surface area contributed by atoms with E-state index in [1.54, 1.807) is 0 Å². The van der Waals surface area contributed by atoms with Crippen molar-refractivity contribution in [3.63, 3.8) is 0 Å². The van der Waals surface area contributed by atoms with Gasteiger partial charge in [-0.15, -0.1) is 12.4 Å². The van der Waals surface area contributed by atoms with Crippen LogP contribution in [0.15, 0.2) is 54.6 Å². The van der Waals surface area contributed by atoms with Crippen LogP contribution in [-0.4, -0.2) is 23.1 Å². The zero-order valence-electron chi connectivity index (χ0n) is 11.4. The molecule has 2 aromatic rings. The van der Waals surface area contributed by atoms with Crippen LogP contribution in [0.1, 0.15) is 22.8 Å². The molecule has 2 aromatic carbocycles. The minimum atomic E-state index is -0.397. The van der Waals surface area contributed by atoms with Crippen LogP contribution >= 0.6 is 12.4 Å². The highest BCUT2D eigenvalue weighted by Gasteiger charge is 2.18. The number of rotatable bonds is 3. The van der Waals surface area contributed by atoms with Gasteiger partial charge in [-0.05, 0) is 23.1 Å². The lowest BCUT2D eigenvalue weighted by Gasteiger charge is -2.30. The summed E-state index contributed by atoms with van der Waals surface area (Å²) in [5.41, 5.74) is 3.85. The summed E-state index contributed by atoms with van der Waals surface area (Å²) in [7, 11) is 0. The largest absolute Gasteiger partial charge is 0.387 e. The van der Waals surface area contributed by atoms with Gasteiger partial charge >= 0.3 is 0 Å². The molecule has 1 heterocycles.